The molecule has 0 saturated carbocycles. The van der Waals surface area contributed by atoms with Crippen molar-refractivity contribution in [1.29, 1.82) is 0 Å². The molecular weight excluding hydrogens is 356 g/mol. The predicted octanol–water partition coefficient (Wildman–Crippen LogP) is 2.64. The van der Waals surface area contributed by atoms with Crippen LogP contribution in [0.5, 0.6) is 0 Å². The van der Waals surface area contributed by atoms with Gasteiger partial charge in [-0.1, -0.05) is 28.9 Å². The van der Waals surface area contributed by atoms with Gasteiger partial charge in [-0.2, -0.15) is 4.98 Å². The highest BCUT2D eigenvalue weighted by Gasteiger charge is 2.13. The number of H-pyrrole nitrogens is 1. The molecule has 2 N–H and O–H groups in total. The summed E-state index contributed by atoms with van der Waals surface area (Å²) in [7, 11) is 0. The van der Waals surface area contributed by atoms with Crippen LogP contribution in [-0.4, -0.2) is 21.0 Å². The van der Waals surface area contributed by atoms with Gasteiger partial charge >= 0.3 is 0 Å². The van der Waals surface area contributed by atoms with E-state index in [1.807, 2.05) is 12.1 Å². The van der Waals surface area contributed by atoms with Crippen LogP contribution in [0.15, 0.2) is 45.7 Å². The maximum absolute atomic E-state index is 11.9. The first-order chi connectivity index (χ1) is 12.5. The van der Waals surface area contributed by atoms with Gasteiger partial charge in [0.05, 0.1) is 5.56 Å². The number of amides is 1. The molecule has 0 aliphatic heterocycles. The number of aromatic nitrogens is 3. The molecule has 8 heteroatoms. The largest absolute Gasteiger partial charge is 0.352 e. The summed E-state index contributed by atoms with van der Waals surface area (Å²) in [4.78, 5) is 30.7. The second-order valence-electron chi connectivity index (χ2n) is 5.80. The van der Waals surface area contributed by atoms with Crippen LogP contribution in [0.1, 0.15) is 23.6 Å². The molecular formula is C18H17ClN4O3. The Morgan fingerprint density at radius 1 is 1.23 bits per heavy atom. The van der Waals surface area contributed by atoms with Gasteiger partial charge in [-0.3, -0.25) is 9.59 Å². The number of benzene rings is 1. The van der Waals surface area contributed by atoms with Crippen LogP contribution in [0.3, 0.4) is 0 Å². The number of hydrogen-bond acceptors (Lipinski definition) is 5. The molecule has 0 radical (unpaired) electrons. The first-order valence-electron chi connectivity index (χ1n) is 8.05. The first-order valence-corrected chi connectivity index (χ1v) is 8.43. The van der Waals surface area contributed by atoms with Crippen LogP contribution < -0.4 is 10.9 Å². The Kier molecular flexibility index (Phi) is 5.48. The number of nitrogens with zero attached hydrogens (tertiary/aromatic N) is 2. The van der Waals surface area contributed by atoms with Gasteiger partial charge in [0.2, 0.25) is 17.6 Å². The zero-order valence-electron chi connectivity index (χ0n) is 14.1. The molecule has 0 spiro atoms. The average molecular weight is 373 g/mol. The van der Waals surface area contributed by atoms with E-state index in [0.29, 0.717) is 29.4 Å². The van der Waals surface area contributed by atoms with E-state index in [1.165, 1.54) is 0 Å². The van der Waals surface area contributed by atoms with E-state index >= 15 is 0 Å². The molecule has 0 fully saturated rings. The van der Waals surface area contributed by atoms with E-state index in [2.05, 4.69) is 20.4 Å². The zero-order chi connectivity index (χ0) is 18.5. The summed E-state index contributed by atoms with van der Waals surface area (Å²) in [6.07, 6.45) is 0.503. The Labute approximate surface area is 154 Å². The molecule has 0 atom stereocenters. The fourth-order valence-electron chi connectivity index (χ4n) is 2.33. The maximum atomic E-state index is 11.9. The van der Waals surface area contributed by atoms with Crippen LogP contribution in [0.25, 0.3) is 11.4 Å². The average Bonchev–Trinajstić information content (AvgIpc) is 3.08. The number of rotatable bonds is 6. The molecule has 3 rings (SSSR count). The van der Waals surface area contributed by atoms with E-state index in [4.69, 9.17) is 16.1 Å². The topological polar surface area (TPSA) is 101 Å². The Hall–Kier alpha value is -2.93. The van der Waals surface area contributed by atoms with Gasteiger partial charge in [-0.05, 0) is 36.8 Å². The van der Waals surface area contributed by atoms with Gasteiger partial charge in [0.15, 0.2) is 0 Å². The van der Waals surface area contributed by atoms with Crippen molar-refractivity contribution in [1.82, 2.24) is 20.4 Å². The SMILES string of the molecule is Cc1ccc(-c2noc(CCC(=O)NCc3ccc(Cl)cc3)n2)c(=O)[nH]1. The Balaban J connectivity index is 1.53. The molecule has 7 nitrogen and oxygen atoms in total. The Morgan fingerprint density at radius 2 is 2.00 bits per heavy atom. The number of aryl methyl sites for hydroxylation is 2. The lowest BCUT2D eigenvalue weighted by Gasteiger charge is -2.04. The standard InChI is InChI=1S/C18H17ClN4O3/c1-11-2-7-14(18(25)21-11)17-22-16(26-23-17)9-8-15(24)20-10-12-3-5-13(19)6-4-12/h2-7H,8-10H2,1H3,(H,20,24)(H,21,25). The minimum atomic E-state index is -0.280. The third kappa shape index (κ3) is 4.58. The van der Waals surface area contributed by atoms with Crippen molar-refractivity contribution in [2.45, 2.75) is 26.3 Å². The van der Waals surface area contributed by atoms with Crippen LogP contribution in [0.4, 0.5) is 0 Å². The lowest BCUT2D eigenvalue weighted by atomic mass is 10.2. The summed E-state index contributed by atoms with van der Waals surface area (Å²) >= 11 is 5.82. The molecule has 134 valence electrons. The minimum Gasteiger partial charge on any atom is -0.352 e. The number of carbonyl (C=O) groups is 1. The predicted molar refractivity (Wildman–Crippen MR) is 96.7 cm³/mol. The molecule has 0 bridgehead atoms. The number of hydrogen-bond donors (Lipinski definition) is 2. The van der Waals surface area contributed by atoms with Gasteiger partial charge in [0.1, 0.15) is 0 Å². The van der Waals surface area contributed by atoms with E-state index in [-0.39, 0.29) is 23.7 Å². The van der Waals surface area contributed by atoms with E-state index in [0.717, 1.165) is 11.3 Å². The molecule has 0 unspecified atom stereocenters. The smallest absolute Gasteiger partial charge is 0.259 e. The normalized spacial score (nSPS) is 10.7. The number of aromatic amines is 1. The molecule has 26 heavy (non-hydrogen) atoms. The molecule has 1 aromatic carbocycles. The Bertz CT molecular complexity index is 963. The lowest BCUT2D eigenvalue weighted by Crippen LogP contribution is -2.23. The van der Waals surface area contributed by atoms with Gasteiger partial charge in [0, 0.05) is 30.1 Å². The fraction of sp³-hybridized carbons (Fsp3) is 0.222. The van der Waals surface area contributed by atoms with E-state index in [1.54, 1.807) is 31.2 Å². The fourth-order valence-corrected chi connectivity index (χ4v) is 2.45. The number of carbonyl (C=O) groups excluding carboxylic acids is 1. The van der Waals surface area contributed by atoms with Crippen LogP contribution in [0, 0.1) is 6.92 Å². The summed E-state index contributed by atoms with van der Waals surface area (Å²) in [5, 5.41) is 7.27. The van der Waals surface area contributed by atoms with Crippen LogP contribution >= 0.6 is 11.6 Å². The van der Waals surface area contributed by atoms with Crippen molar-refractivity contribution >= 4 is 17.5 Å². The molecule has 2 heterocycles. The highest BCUT2D eigenvalue weighted by Crippen LogP contribution is 2.12. The van der Waals surface area contributed by atoms with Crippen molar-refractivity contribution in [3.05, 3.63) is 68.9 Å². The number of pyridine rings is 1. The quantitative estimate of drug-likeness (QED) is 0.692. The third-order valence-electron chi connectivity index (χ3n) is 3.73. The highest BCUT2D eigenvalue weighted by molar-refractivity contribution is 6.30. The second-order valence-corrected chi connectivity index (χ2v) is 6.24. The molecule has 0 aliphatic rings. The van der Waals surface area contributed by atoms with Crippen molar-refractivity contribution in [2.24, 2.45) is 0 Å². The summed E-state index contributed by atoms with van der Waals surface area (Å²) in [6, 6.07) is 10.7. The molecule has 1 amide bonds. The summed E-state index contributed by atoms with van der Waals surface area (Å²) in [5.74, 6) is 0.386. The zero-order valence-corrected chi connectivity index (χ0v) is 14.8. The molecule has 2 aromatic heterocycles. The van der Waals surface area contributed by atoms with Crippen LogP contribution in [0.2, 0.25) is 5.02 Å². The molecule has 0 saturated heterocycles. The van der Waals surface area contributed by atoms with Crippen molar-refractivity contribution in [3.8, 4) is 11.4 Å². The van der Waals surface area contributed by atoms with Crippen molar-refractivity contribution in [3.63, 3.8) is 0 Å². The van der Waals surface area contributed by atoms with Crippen molar-refractivity contribution in [2.75, 3.05) is 0 Å². The lowest BCUT2D eigenvalue weighted by molar-refractivity contribution is -0.121. The second kappa shape index (κ2) is 7.97. The van der Waals surface area contributed by atoms with Crippen LogP contribution in [-0.2, 0) is 17.8 Å². The summed E-state index contributed by atoms with van der Waals surface area (Å²) in [5.41, 5.74) is 1.76. The third-order valence-corrected chi connectivity index (χ3v) is 3.99. The molecule has 3 aromatic rings. The molecule has 0 aliphatic carbocycles. The number of halogens is 1. The van der Waals surface area contributed by atoms with Crippen molar-refractivity contribution < 1.29 is 9.32 Å². The minimum absolute atomic E-state index is 0.132. The van der Waals surface area contributed by atoms with E-state index < -0.39 is 0 Å². The van der Waals surface area contributed by atoms with Gasteiger partial charge in [-0.15, -0.1) is 0 Å². The number of nitrogens with one attached hydrogen (secondary N) is 2. The summed E-state index contributed by atoms with van der Waals surface area (Å²) < 4.78 is 5.12. The monoisotopic (exact) mass is 372 g/mol. The van der Waals surface area contributed by atoms with Gasteiger partial charge in [0.25, 0.3) is 5.56 Å². The Morgan fingerprint density at radius 3 is 2.73 bits per heavy atom. The highest BCUT2D eigenvalue weighted by atomic mass is 35.5. The first kappa shape index (κ1) is 17.9. The summed E-state index contributed by atoms with van der Waals surface area (Å²) in [6.45, 7) is 2.21. The maximum Gasteiger partial charge on any atom is 0.259 e. The van der Waals surface area contributed by atoms with Gasteiger partial charge < -0.3 is 14.8 Å². The van der Waals surface area contributed by atoms with E-state index in [9.17, 15) is 9.59 Å². The van der Waals surface area contributed by atoms with Gasteiger partial charge in [-0.25, -0.2) is 0 Å².